The third-order valence-corrected chi connectivity index (χ3v) is 3.19. The summed E-state index contributed by atoms with van der Waals surface area (Å²) in [5.41, 5.74) is -0.304. The van der Waals surface area contributed by atoms with Crippen molar-refractivity contribution in [2.24, 2.45) is 0 Å². The van der Waals surface area contributed by atoms with Crippen LogP contribution in [0.2, 0.25) is 0 Å². The van der Waals surface area contributed by atoms with Gasteiger partial charge in [0.1, 0.15) is 5.82 Å². The Labute approximate surface area is 99.5 Å². The van der Waals surface area contributed by atoms with E-state index in [0.717, 1.165) is 19.3 Å². The highest BCUT2D eigenvalue weighted by Crippen LogP contribution is 2.34. The lowest BCUT2D eigenvalue weighted by Gasteiger charge is -2.36. The lowest BCUT2D eigenvalue weighted by molar-refractivity contribution is -0.0370. The van der Waals surface area contributed by atoms with Gasteiger partial charge in [-0.1, -0.05) is 0 Å². The largest absolute Gasteiger partial charge is 0.478 e. The molecule has 1 aliphatic carbocycles. The van der Waals surface area contributed by atoms with Gasteiger partial charge in [-0.3, -0.25) is 0 Å². The molecule has 0 radical (unpaired) electrons. The number of nitrogens with zero attached hydrogens (tertiary/aromatic N) is 1. The van der Waals surface area contributed by atoms with E-state index in [-0.39, 0.29) is 5.56 Å². The molecule has 5 heteroatoms. The Hall–Kier alpha value is -1.62. The van der Waals surface area contributed by atoms with Gasteiger partial charge in [0, 0.05) is 12.7 Å². The molecule has 0 saturated heterocycles. The summed E-state index contributed by atoms with van der Waals surface area (Å²) in [6.07, 6.45) is 4.94. The minimum absolute atomic E-state index is 0.213. The zero-order valence-electron chi connectivity index (χ0n) is 9.52. The Morgan fingerprint density at radius 2 is 2.29 bits per heavy atom. The monoisotopic (exact) mass is 236 g/mol. The van der Waals surface area contributed by atoms with Gasteiger partial charge in [0.15, 0.2) is 0 Å². The summed E-state index contributed by atoms with van der Waals surface area (Å²) < 4.78 is 0. The fraction of sp³-hybridized carbons (Fsp3) is 0.500. The number of carboxylic acids is 1. The fourth-order valence-electron chi connectivity index (χ4n) is 1.92. The Morgan fingerprint density at radius 3 is 2.88 bits per heavy atom. The molecule has 1 fully saturated rings. The van der Waals surface area contributed by atoms with Crippen LogP contribution < -0.4 is 5.32 Å². The molecule has 5 nitrogen and oxygen atoms in total. The highest BCUT2D eigenvalue weighted by molar-refractivity contribution is 5.88. The van der Waals surface area contributed by atoms with E-state index >= 15 is 0 Å². The van der Waals surface area contributed by atoms with Crippen LogP contribution in [0, 0.1) is 0 Å². The molecular weight excluding hydrogens is 220 g/mol. The summed E-state index contributed by atoms with van der Waals surface area (Å²) in [7, 11) is 0. The first kappa shape index (κ1) is 11.9. The van der Waals surface area contributed by atoms with Crippen LogP contribution in [0.15, 0.2) is 18.3 Å². The standard InChI is InChI=1S/C12H16N2O3/c15-11(16)9-2-6-13-10(8-9)14-7-5-12(17)3-1-4-12/h2,6,8,17H,1,3-5,7H2,(H,13,14)(H,15,16). The van der Waals surface area contributed by atoms with Gasteiger partial charge in [-0.05, 0) is 37.8 Å². The zero-order valence-corrected chi connectivity index (χ0v) is 9.52. The van der Waals surface area contributed by atoms with E-state index in [2.05, 4.69) is 10.3 Å². The van der Waals surface area contributed by atoms with E-state index in [1.54, 1.807) is 0 Å². The molecule has 0 unspecified atom stereocenters. The maximum Gasteiger partial charge on any atom is 0.335 e. The van der Waals surface area contributed by atoms with Crippen molar-refractivity contribution in [3.63, 3.8) is 0 Å². The van der Waals surface area contributed by atoms with Crippen molar-refractivity contribution in [1.82, 2.24) is 4.98 Å². The topological polar surface area (TPSA) is 82.5 Å². The molecule has 3 N–H and O–H groups in total. The van der Waals surface area contributed by atoms with Crippen LogP contribution in [0.3, 0.4) is 0 Å². The minimum atomic E-state index is -0.965. The molecule has 0 aromatic carbocycles. The third-order valence-electron chi connectivity index (χ3n) is 3.19. The first-order valence-electron chi connectivity index (χ1n) is 5.75. The molecule has 0 aliphatic heterocycles. The van der Waals surface area contributed by atoms with Crippen molar-refractivity contribution in [2.75, 3.05) is 11.9 Å². The van der Waals surface area contributed by atoms with Crippen LogP contribution in [-0.2, 0) is 0 Å². The minimum Gasteiger partial charge on any atom is -0.478 e. The Kier molecular flexibility index (Phi) is 3.28. The maximum atomic E-state index is 10.7. The maximum absolute atomic E-state index is 10.7. The molecule has 1 saturated carbocycles. The summed E-state index contributed by atoms with van der Waals surface area (Å²) in [6, 6.07) is 2.94. The molecule has 1 aromatic heterocycles. The van der Waals surface area contributed by atoms with Gasteiger partial charge in [-0.25, -0.2) is 9.78 Å². The predicted octanol–water partition coefficient (Wildman–Crippen LogP) is 1.50. The quantitative estimate of drug-likeness (QED) is 0.721. The molecule has 1 aromatic rings. The molecular formula is C12H16N2O3. The number of pyridine rings is 1. The van der Waals surface area contributed by atoms with Crippen molar-refractivity contribution >= 4 is 11.8 Å². The van der Waals surface area contributed by atoms with Gasteiger partial charge in [0.05, 0.1) is 11.2 Å². The number of aliphatic hydroxyl groups is 1. The Balaban J connectivity index is 1.86. The van der Waals surface area contributed by atoms with Gasteiger partial charge < -0.3 is 15.5 Å². The SMILES string of the molecule is O=C(O)c1ccnc(NCCC2(O)CCC2)c1. The Bertz CT molecular complexity index is 416. The van der Waals surface area contributed by atoms with Crippen LogP contribution >= 0.6 is 0 Å². The smallest absolute Gasteiger partial charge is 0.335 e. The van der Waals surface area contributed by atoms with Gasteiger partial charge in [-0.15, -0.1) is 0 Å². The van der Waals surface area contributed by atoms with Gasteiger partial charge in [0.2, 0.25) is 0 Å². The highest BCUT2D eigenvalue weighted by Gasteiger charge is 2.33. The first-order chi connectivity index (χ1) is 8.09. The second kappa shape index (κ2) is 4.71. The van der Waals surface area contributed by atoms with Crippen LogP contribution in [0.5, 0.6) is 0 Å². The number of nitrogens with one attached hydrogen (secondary N) is 1. The van der Waals surface area contributed by atoms with Gasteiger partial charge in [0.25, 0.3) is 0 Å². The molecule has 0 bridgehead atoms. The van der Waals surface area contributed by atoms with Crippen LogP contribution in [-0.4, -0.2) is 33.3 Å². The molecule has 0 amide bonds. The van der Waals surface area contributed by atoms with E-state index in [1.807, 2.05) is 0 Å². The van der Waals surface area contributed by atoms with E-state index in [9.17, 15) is 9.90 Å². The third kappa shape index (κ3) is 2.94. The summed E-state index contributed by atoms with van der Waals surface area (Å²) in [4.78, 5) is 14.8. The molecule has 1 aliphatic rings. The number of hydrogen-bond donors (Lipinski definition) is 3. The molecule has 1 heterocycles. The molecule has 0 atom stereocenters. The van der Waals surface area contributed by atoms with E-state index < -0.39 is 11.6 Å². The van der Waals surface area contributed by atoms with E-state index in [0.29, 0.717) is 18.8 Å². The first-order valence-corrected chi connectivity index (χ1v) is 5.75. The van der Waals surface area contributed by atoms with Crippen molar-refractivity contribution < 1.29 is 15.0 Å². The van der Waals surface area contributed by atoms with Crippen LogP contribution in [0.1, 0.15) is 36.0 Å². The van der Waals surface area contributed by atoms with Crippen molar-refractivity contribution in [1.29, 1.82) is 0 Å². The van der Waals surface area contributed by atoms with Crippen molar-refractivity contribution in [3.05, 3.63) is 23.9 Å². The summed E-state index contributed by atoms with van der Waals surface area (Å²) in [5, 5.41) is 21.7. The fourth-order valence-corrected chi connectivity index (χ4v) is 1.92. The average Bonchev–Trinajstić information content (AvgIpc) is 2.27. The summed E-state index contributed by atoms with van der Waals surface area (Å²) >= 11 is 0. The van der Waals surface area contributed by atoms with E-state index in [4.69, 9.17) is 5.11 Å². The zero-order chi connectivity index (χ0) is 12.3. The number of rotatable bonds is 5. The Morgan fingerprint density at radius 1 is 1.53 bits per heavy atom. The number of carbonyl (C=O) groups is 1. The van der Waals surface area contributed by atoms with Gasteiger partial charge >= 0.3 is 5.97 Å². The van der Waals surface area contributed by atoms with E-state index in [1.165, 1.54) is 18.3 Å². The lowest BCUT2D eigenvalue weighted by Crippen LogP contribution is -2.38. The molecule has 92 valence electrons. The summed E-state index contributed by atoms with van der Waals surface area (Å²) in [5.74, 6) is -0.430. The lowest BCUT2D eigenvalue weighted by atomic mass is 9.78. The second-order valence-electron chi connectivity index (χ2n) is 4.49. The number of carboxylic acid groups (broad SMARTS) is 1. The summed E-state index contributed by atoms with van der Waals surface area (Å²) in [6.45, 7) is 0.604. The van der Waals surface area contributed by atoms with Crippen molar-refractivity contribution in [2.45, 2.75) is 31.3 Å². The molecule has 0 spiro atoms. The number of aromatic carboxylic acids is 1. The highest BCUT2D eigenvalue weighted by atomic mass is 16.4. The predicted molar refractivity (Wildman–Crippen MR) is 63.1 cm³/mol. The van der Waals surface area contributed by atoms with Gasteiger partial charge in [-0.2, -0.15) is 0 Å². The number of anilines is 1. The molecule has 17 heavy (non-hydrogen) atoms. The number of aromatic nitrogens is 1. The molecule has 2 rings (SSSR count). The van der Waals surface area contributed by atoms with Crippen LogP contribution in [0.25, 0.3) is 0 Å². The second-order valence-corrected chi connectivity index (χ2v) is 4.49. The van der Waals surface area contributed by atoms with Crippen LogP contribution in [0.4, 0.5) is 5.82 Å². The normalized spacial score (nSPS) is 17.2. The average molecular weight is 236 g/mol. The van der Waals surface area contributed by atoms with Crippen molar-refractivity contribution in [3.8, 4) is 0 Å². The number of hydrogen-bond acceptors (Lipinski definition) is 4.